The highest BCUT2D eigenvalue weighted by molar-refractivity contribution is 8.00. The quantitative estimate of drug-likeness (QED) is 0.750. The lowest BCUT2D eigenvalue weighted by Crippen LogP contribution is -2.49. The normalized spacial score (nSPS) is 35.8. The van der Waals surface area contributed by atoms with Crippen molar-refractivity contribution in [2.24, 2.45) is 5.92 Å². The average molecular weight is 199 g/mol. The summed E-state index contributed by atoms with van der Waals surface area (Å²) in [6.07, 6.45) is 7.19. The molecule has 13 heavy (non-hydrogen) atoms. The molecule has 1 saturated carbocycles. The molecule has 0 aromatic rings. The Bertz CT molecular complexity index is 156. The van der Waals surface area contributed by atoms with Crippen LogP contribution in [0.5, 0.6) is 0 Å². The molecule has 1 nitrogen and oxygen atoms in total. The predicted octanol–water partition coefficient (Wildman–Crippen LogP) is 2.66. The van der Waals surface area contributed by atoms with Crippen molar-refractivity contribution in [1.82, 2.24) is 5.32 Å². The first-order valence-corrected chi connectivity index (χ1v) is 6.89. The number of hydrogen-bond acceptors (Lipinski definition) is 2. The second kappa shape index (κ2) is 4.70. The van der Waals surface area contributed by atoms with Crippen LogP contribution >= 0.6 is 11.8 Å². The molecule has 0 aromatic carbocycles. The Hall–Kier alpha value is 0.310. The Morgan fingerprint density at radius 1 is 1.23 bits per heavy atom. The van der Waals surface area contributed by atoms with Gasteiger partial charge in [0.1, 0.15) is 0 Å². The molecule has 1 heterocycles. The Kier molecular flexibility index (Phi) is 3.56. The van der Waals surface area contributed by atoms with Gasteiger partial charge in [-0.25, -0.2) is 0 Å². The summed E-state index contributed by atoms with van der Waals surface area (Å²) in [7, 11) is 0. The molecule has 1 aliphatic carbocycles. The third-order valence-corrected chi connectivity index (χ3v) is 4.80. The molecule has 76 valence electrons. The molecule has 2 heteroatoms. The lowest BCUT2D eigenvalue weighted by atomic mass is 9.82. The van der Waals surface area contributed by atoms with Crippen molar-refractivity contribution in [3.63, 3.8) is 0 Å². The Labute approximate surface area is 86.0 Å². The molecule has 1 N–H and O–H groups in total. The highest BCUT2D eigenvalue weighted by Crippen LogP contribution is 2.28. The molecular weight excluding hydrogens is 178 g/mol. The van der Waals surface area contributed by atoms with Gasteiger partial charge < -0.3 is 5.32 Å². The van der Waals surface area contributed by atoms with Gasteiger partial charge in [-0.15, -0.1) is 0 Å². The molecule has 0 radical (unpaired) electrons. The van der Waals surface area contributed by atoms with Crippen LogP contribution in [-0.4, -0.2) is 23.6 Å². The fourth-order valence-electron chi connectivity index (χ4n) is 2.55. The number of thioether (sulfide) groups is 1. The zero-order valence-corrected chi connectivity index (χ0v) is 9.41. The second-order valence-corrected chi connectivity index (χ2v) is 5.54. The van der Waals surface area contributed by atoms with Crippen molar-refractivity contribution in [2.75, 3.05) is 11.5 Å². The lowest BCUT2D eigenvalue weighted by molar-refractivity contribution is 0.243. The van der Waals surface area contributed by atoms with Gasteiger partial charge >= 0.3 is 0 Å². The molecule has 1 saturated heterocycles. The zero-order valence-electron chi connectivity index (χ0n) is 8.59. The van der Waals surface area contributed by atoms with Crippen LogP contribution in [0.2, 0.25) is 0 Å². The Morgan fingerprint density at radius 2 is 2.00 bits per heavy atom. The molecule has 0 bridgehead atoms. The SMILES string of the molecule is CCC1CCCCC1NC1CSC1. The summed E-state index contributed by atoms with van der Waals surface area (Å²) in [5.41, 5.74) is 0. The fraction of sp³-hybridized carbons (Fsp3) is 1.00. The van der Waals surface area contributed by atoms with Crippen molar-refractivity contribution in [3.05, 3.63) is 0 Å². The van der Waals surface area contributed by atoms with Crippen molar-refractivity contribution in [2.45, 2.75) is 51.1 Å². The van der Waals surface area contributed by atoms with Gasteiger partial charge in [0.05, 0.1) is 0 Å². The minimum Gasteiger partial charge on any atom is -0.309 e. The molecule has 1 aliphatic heterocycles. The second-order valence-electron chi connectivity index (χ2n) is 4.46. The summed E-state index contributed by atoms with van der Waals surface area (Å²) in [4.78, 5) is 0. The van der Waals surface area contributed by atoms with E-state index >= 15 is 0 Å². The summed E-state index contributed by atoms with van der Waals surface area (Å²) in [5.74, 6) is 3.68. The maximum absolute atomic E-state index is 3.84. The van der Waals surface area contributed by atoms with Crippen molar-refractivity contribution in [3.8, 4) is 0 Å². The molecule has 2 rings (SSSR count). The van der Waals surface area contributed by atoms with Crippen molar-refractivity contribution >= 4 is 11.8 Å². The standard InChI is InChI=1S/C11H21NS/c1-2-9-5-3-4-6-11(9)12-10-7-13-8-10/h9-12H,2-8H2,1H3. The molecule has 2 unspecified atom stereocenters. The molecule has 0 amide bonds. The van der Waals surface area contributed by atoms with Crippen LogP contribution < -0.4 is 5.32 Å². The van der Waals surface area contributed by atoms with Gasteiger partial charge in [0.25, 0.3) is 0 Å². The highest BCUT2D eigenvalue weighted by Gasteiger charge is 2.27. The maximum Gasteiger partial charge on any atom is 0.0251 e. The monoisotopic (exact) mass is 199 g/mol. The molecule has 0 spiro atoms. The first kappa shape index (κ1) is 9.85. The van der Waals surface area contributed by atoms with E-state index in [-0.39, 0.29) is 0 Å². The first-order chi connectivity index (χ1) is 6.40. The minimum absolute atomic E-state index is 0.849. The van der Waals surface area contributed by atoms with Crippen LogP contribution in [0.3, 0.4) is 0 Å². The summed E-state index contributed by atoms with van der Waals surface area (Å²) in [6.45, 7) is 2.35. The summed E-state index contributed by atoms with van der Waals surface area (Å²) in [5, 5.41) is 3.84. The fourth-order valence-corrected chi connectivity index (χ4v) is 3.21. The third kappa shape index (κ3) is 2.41. The van der Waals surface area contributed by atoms with Gasteiger partial charge in [0.2, 0.25) is 0 Å². The maximum atomic E-state index is 3.84. The molecule has 2 fully saturated rings. The van der Waals surface area contributed by atoms with Crippen molar-refractivity contribution in [1.29, 1.82) is 0 Å². The van der Waals surface area contributed by atoms with Gasteiger partial charge in [-0.05, 0) is 18.8 Å². The minimum atomic E-state index is 0.849. The molecule has 2 atom stereocenters. The topological polar surface area (TPSA) is 12.0 Å². The van der Waals surface area contributed by atoms with E-state index in [0.29, 0.717) is 0 Å². The van der Waals surface area contributed by atoms with E-state index in [1.165, 1.54) is 43.6 Å². The molecular formula is C11H21NS. The largest absolute Gasteiger partial charge is 0.309 e. The van der Waals surface area contributed by atoms with E-state index in [1.807, 2.05) is 0 Å². The van der Waals surface area contributed by atoms with Gasteiger partial charge in [-0.2, -0.15) is 11.8 Å². The van der Waals surface area contributed by atoms with E-state index in [2.05, 4.69) is 24.0 Å². The van der Waals surface area contributed by atoms with Gasteiger partial charge in [0.15, 0.2) is 0 Å². The Balaban J connectivity index is 1.79. The van der Waals surface area contributed by atoms with Crippen LogP contribution in [0.25, 0.3) is 0 Å². The van der Waals surface area contributed by atoms with Crippen LogP contribution in [0, 0.1) is 5.92 Å². The zero-order chi connectivity index (χ0) is 9.10. The number of rotatable bonds is 3. The van der Waals surface area contributed by atoms with Crippen LogP contribution in [0.4, 0.5) is 0 Å². The number of hydrogen-bond donors (Lipinski definition) is 1. The van der Waals surface area contributed by atoms with Gasteiger partial charge in [-0.3, -0.25) is 0 Å². The van der Waals surface area contributed by atoms with E-state index in [0.717, 1.165) is 18.0 Å². The van der Waals surface area contributed by atoms with Crippen LogP contribution in [-0.2, 0) is 0 Å². The lowest BCUT2D eigenvalue weighted by Gasteiger charge is -2.37. The van der Waals surface area contributed by atoms with Crippen LogP contribution in [0.1, 0.15) is 39.0 Å². The Morgan fingerprint density at radius 3 is 2.62 bits per heavy atom. The van der Waals surface area contributed by atoms with Gasteiger partial charge in [-0.1, -0.05) is 26.2 Å². The van der Waals surface area contributed by atoms with E-state index in [4.69, 9.17) is 0 Å². The summed E-state index contributed by atoms with van der Waals surface area (Å²) in [6, 6.07) is 1.70. The third-order valence-electron chi connectivity index (χ3n) is 3.52. The smallest absolute Gasteiger partial charge is 0.0251 e. The van der Waals surface area contributed by atoms with Gasteiger partial charge in [0, 0.05) is 23.6 Å². The van der Waals surface area contributed by atoms with E-state index in [1.54, 1.807) is 0 Å². The number of nitrogens with one attached hydrogen (secondary N) is 1. The summed E-state index contributed by atoms with van der Waals surface area (Å²) >= 11 is 2.08. The molecule has 2 aliphatic rings. The predicted molar refractivity (Wildman–Crippen MR) is 60.3 cm³/mol. The van der Waals surface area contributed by atoms with Crippen LogP contribution in [0.15, 0.2) is 0 Å². The van der Waals surface area contributed by atoms with Crippen molar-refractivity contribution < 1.29 is 0 Å². The average Bonchev–Trinajstić information content (AvgIpc) is 2.12. The van der Waals surface area contributed by atoms with E-state index < -0.39 is 0 Å². The molecule has 0 aromatic heterocycles. The van der Waals surface area contributed by atoms with E-state index in [9.17, 15) is 0 Å². The highest BCUT2D eigenvalue weighted by atomic mass is 32.2. The summed E-state index contributed by atoms with van der Waals surface area (Å²) < 4.78 is 0. The first-order valence-electron chi connectivity index (χ1n) is 5.74.